The van der Waals surface area contributed by atoms with Crippen LogP contribution in [-0.4, -0.2) is 54.1 Å². The quantitative estimate of drug-likeness (QED) is 0.302. The lowest BCUT2D eigenvalue weighted by Crippen LogP contribution is -2.29. The lowest BCUT2D eigenvalue weighted by molar-refractivity contribution is -0.119. The first-order chi connectivity index (χ1) is 19.1. The molecule has 2 heterocycles. The van der Waals surface area contributed by atoms with Gasteiger partial charge in [-0.2, -0.15) is 0 Å². The Morgan fingerprint density at radius 1 is 1.10 bits per heavy atom. The summed E-state index contributed by atoms with van der Waals surface area (Å²) in [6.07, 6.45) is 8.38. The summed E-state index contributed by atoms with van der Waals surface area (Å²) in [5, 5.41) is 11.1. The van der Waals surface area contributed by atoms with Crippen LogP contribution in [0.4, 0.5) is 0 Å². The molecule has 6 heteroatoms. The highest BCUT2D eigenvalue weighted by Gasteiger charge is 2.40. The normalized spacial score (nSPS) is 21.2. The largest absolute Gasteiger partial charge is 0.497 e. The molecule has 0 amide bonds. The van der Waals surface area contributed by atoms with E-state index in [9.17, 15) is 14.7 Å². The van der Waals surface area contributed by atoms with Gasteiger partial charge >= 0.3 is 5.97 Å². The zero-order valence-corrected chi connectivity index (χ0v) is 24.8. The Hall–Kier alpha value is -3.12. The van der Waals surface area contributed by atoms with E-state index in [-0.39, 0.29) is 17.1 Å². The standard InChI is InChI=1S/C34H44N2O4/c1-22-29-19-26(40-5)14-16-27(29)32-31(23-10-7-6-8-11-23)28-15-13-24(33(38)39)18-30(28)36(32)21-34(22,2)17-9-12-25(37)20-35(3)4/h13-16,18-19,22-23H,6-12,17,20-21H2,1-5H3,(H,38,39)/t22-,34-/m0/s1. The molecule has 0 radical (unpaired) electrons. The van der Waals surface area contributed by atoms with Crippen LogP contribution in [0.5, 0.6) is 5.75 Å². The average Bonchev–Trinajstić information content (AvgIpc) is 3.20. The Kier molecular flexibility index (Phi) is 8.10. The number of carbonyl (C=O) groups excluding carboxylic acids is 1. The molecule has 40 heavy (non-hydrogen) atoms. The highest BCUT2D eigenvalue weighted by atomic mass is 16.5. The third-order valence-corrected chi connectivity index (χ3v) is 9.61. The number of aromatic nitrogens is 1. The summed E-state index contributed by atoms with van der Waals surface area (Å²) in [4.78, 5) is 26.6. The van der Waals surface area contributed by atoms with E-state index in [0.717, 1.165) is 30.7 Å². The van der Waals surface area contributed by atoms with Crippen molar-refractivity contribution < 1.29 is 19.4 Å². The zero-order chi connectivity index (χ0) is 28.6. The summed E-state index contributed by atoms with van der Waals surface area (Å²) in [7, 11) is 5.59. The van der Waals surface area contributed by atoms with Crippen LogP contribution in [-0.2, 0) is 11.3 Å². The Balaban J connectivity index is 1.70. The van der Waals surface area contributed by atoms with Crippen LogP contribution >= 0.6 is 0 Å². The summed E-state index contributed by atoms with van der Waals surface area (Å²) in [5.41, 5.74) is 6.34. The third kappa shape index (κ3) is 5.30. The number of benzene rings is 2. The maximum atomic E-state index is 12.6. The second-order valence-corrected chi connectivity index (χ2v) is 12.7. The van der Waals surface area contributed by atoms with Crippen molar-refractivity contribution in [2.24, 2.45) is 5.41 Å². The highest BCUT2D eigenvalue weighted by molar-refractivity contribution is 5.98. The topological polar surface area (TPSA) is 71.8 Å². The Morgan fingerprint density at radius 2 is 1.85 bits per heavy atom. The van der Waals surface area contributed by atoms with Gasteiger partial charge in [0, 0.05) is 29.4 Å². The summed E-state index contributed by atoms with van der Waals surface area (Å²) in [6.45, 7) is 5.91. The first kappa shape index (κ1) is 28.4. The van der Waals surface area contributed by atoms with Crippen LogP contribution in [0.25, 0.3) is 22.2 Å². The number of hydrogen-bond acceptors (Lipinski definition) is 4. The molecular weight excluding hydrogens is 500 g/mol. The number of methoxy groups -OCH3 is 1. The molecule has 0 unspecified atom stereocenters. The molecule has 2 atom stereocenters. The fraction of sp³-hybridized carbons (Fsp3) is 0.529. The average molecular weight is 545 g/mol. The summed E-state index contributed by atoms with van der Waals surface area (Å²) >= 11 is 0. The zero-order valence-electron chi connectivity index (χ0n) is 24.8. The minimum Gasteiger partial charge on any atom is -0.497 e. The smallest absolute Gasteiger partial charge is 0.335 e. The number of likely N-dealkylation sites (N-methyl/N-ethyl adjacent to an activating group) is 1. The van der Waals surface area contributed by atoms with Gasteiger partial charge in [0.15, 0.2) is 0 Å². The summed E-state index contributed by atoms with van der Waals surface area (Å²) < 4.78 is 8.13. The maximum absolute atomic E-state index is 12.6. The first-order valence-corrected chi connectivity index (χ1v) is 14.9. The van der Waals surface area contributed by atoms with Gasteiger partial charge in [-0.05, 0) is 98.5 Å². The number of carboxylic acid groups (broad SMARTS) is 1. The number of rotatable bonds is 9. The van der Waals surface area contributed by atoms with E-state index in [2.05, 4.69) is 36.6 Å². The van der Waals surface area contributed by atoms with Gasteiger partial charge in [0.25, 0.3) is 0 Å². The summed E-state index contributed by atoms with van der Waals surface area (Å²) in [6, 6.07) is 12.2. The minimum absolute atomic E-state index is 0.139. The van der Waals surface area contributed by atoms with E-state index in [0.29, 0.717) is 24.4 Å². The monoisotopic (exact) mass is 544 g/mol. The fourth-order valence-electron chi connectivity index (χ4n) is 7.30. The Bertz CT molecular complexity index is 1420. The molecule has 214 valence electrons. The Morgan fingerprint density at radius 3 is 2.52 bits per heavy atom. The molecule has 1 aliphatic heterocycles. The van der Waals surface area contributed by atoms with E-state index in [1.807, 2.05) is 31.1 Å². The van der Waals surface area contributed by atoms with Gasteiger partial charge in [-0.15, -0.1) is 0 Å². The lowest BCUT2D eigenvalue weighted by Gasteiger charge is -2.36. The first-order valence-electron chi connectivity index (χ1n) is 14.9. The van der Waals surface area contributed by atoms with Crippen LogP contribution in [0.15, 0.2) is 36.4 Å². The van der Waals surface area contributed by atoms with Crippen molar-refractivity contribution in [3.63, 3.8) is 0 Å². The maximum Gasteiger partial charge on any atom is 0.335 e. The number of fused-ring (bicyclic) bond motifs is 5. The molecule has 2 aromatic carbocycles. The van der Waals surface area contributed by atoms with Crippen LogP contribution in [0.1, 0.15) is 98.5 Å². The molecule has 1 aliphatic carbocycles. The SMILES string of the molecule is COc1ccc2c(c1)[C@H](C)[C@@](C)(CCCC(=O)CN(C)C)Cn1c-2c(C2CCCCC2)c2ccc(C(=O)O)cc21. The van der Waals surface area contributed by atoms with E-state index in [1.54, 1.807) is 13.2 Å². The van der Waals surface area contributed by atoms with Crippen LogP contribution < -0.4 is 4.74 Å². The van der Waals surface area contributed by atoms with Gasteiger partial charge in [-0.3, -0.25) is 4.79 Å². The number of hydrogen-bond donors (Lipinski definition) is 1. The van der Waals surface area contributed by atoms with Crippen molar-refractivity contribution in [1.82, 2.24) is 9.47 Å². The predicted octanol–water partition coefficient (Wildman–Crippen LogP) is 7.49. The second-order valence-electron chi connectivity index (χ2n) is 12.7. The van der Waals surface area contributed by atoms with Crippen molar-refractivity contribution >= 4 is 22.7 Å². The molecule has 3 aromatic rings. The fourth-order valence-corrected chi connectivity index (χ4v) is 7.30. The van der Waals surface area contributed by atoms with Crippen molar-refractivity contribution in [2.75, 3.05) is 27.7 Å². The lowest BCUT2D eigenvalue weighted by atomic mass is 9.70. The van der Waals surface area contributed by atoms with Crippen LogP contribution in [0.2, 0.25) is 0 Å². The molecule has 1 aromatic heterocycles. The second kappa shape index (κ2) is 11.4. The molecule has 1 saturated carbocycles. The van der Waals surface area contributed by atoms with E-state index in [1.165, 1.54) is 59.9 Å². The third-order valence-electron chi connectivity index (χ3n) is 9.61. The van der Waals surface area contributed by atoms with Crippen molar-refractivity contribution in [1.29, 1.82) is 0 Å². The molecule has 0 saturated heterocycles. The minimum atomic E-state index is -0.897. The molecule has 1 N–H and O–H groups in total. The van der Waals surface area contributed by atoms with Gasteiger partial charge in [-0.1, -0.05) is 39.2 Å². The predicted molar refractivity (Wildman–Crippen MR) is 161 cm³/mol. The van der Waals surface area contributed by atoms with Crippen molar-refractivity contribution in [2.45, 2.75) is 83.6 Å². The molecule has 0 spiro atoms. The summed E-state index contributed by atoms with van der Waals surface area (Å²) in [5.74, 6) is 0.909. The number of ketones is 1. The molecule has 0 bridgehead atoms. The number of carboxylic acids is 1. The van der Waals surface area contributed by atoms with E-state index < -0.39 is 5.97 Å². The number of aromatic carboxylic acids is 1. The van der Waals surface area contributed by atoms with Gasteiger partial charge in [0.05, 0.1) is 24.9 Å². The number of nitrogens with zero attached hydrogens (tertiary/aromatic N) is 2. The number of carbonyl (C=O) groups is 2. The van der Waals surface area contributed by atoms with Crippen LogP contribution in [0.3, 0.4) is 0 Å². The number of Topliss-reactive ketones (excluding diaryl/α,β-unsaturated/α-hetero) is 1. The van der Waals surface area contributed by atoms with Gasteiger partial charge in [-0.25, -0.2) is 4.79 Å². The molecule has 2 aliphatic rings. The molecule has 6 nitrogen and oxygen atoms in total. The number of ether oxygens (including phenoxy) is 1. The molecule has 1 fully saturated rings. The van der Waals surface area contributed by atoms with Crippen molar-refractivity contribution in [3.05, 3.63) is 53.1 Å². The van der Waals surface area contributed by atoms with Gasteiger partial charge < -0.3 is 19.3 Å². The van der Waals surface area contributed by atoms with Crippen molar-refractivity contribution in [3.8, 4) is 17.0 Å². The van der Waals surface area contributed by atoms with E-state index >= 15 is 0 Å². The van der Waals surface area contributed by atoms with Gasteiger partial charge in [0.1, 0.15) is 11.5 Å². The molecular formula is C34H44N2O4. The highest BCUT2D eigenvalue weighted by Crippen LogP contribution is 2.53. The van der Waals surface area contributed by atoms with E-state index in [4.69, 9.17) is 4.74 Å². The molecule has 5 rings (SSSR count). The Labute approximate surface area is 238 Å². The van der Waals surface area contributed by atoms with Gasteiger partial charge in [0.2, 0.25) is 0 Å². The van der Waals surface area contributed by atoms with Crippen LogP contribution in [0, 0.1) is 5.41 Å².